The molecule has 0 N–H and O–H groups in total. The Bertz CT molecular complexity index is 800. The summed E-state index contributed by atoms with van der Waals surface area (Å²) in [4.78, 5) is 10.9. The van der Waals surface area contributed by atoms with Gasteiger partial charge in [0, 0.05) is 9.90 Å². The fraction of sp³-hybridized carbons (Fsp3) is 0.200. The van der Waals surface area contributed by atoms with E-state index in [4.69, 9.17) is 27.9 Å². The van der Waals surface area contributed by atoms with Crippen LogP contribution in [-0.4, -0.2) is 9.97 Å². The topological polar surface area (TPSA) is 35.0 Å². The van der Waals surface area contributed by atoms with Gasteiger partial charge in [0.05, 0.1) is 5.39 Å². The Morgan fingerprint density at radius 3 is 2.52 bits per heavy atom. The number of hydrogen-bond acceptors (Lipinski definition) is 4. The molecule has 1 aromatic carbocycles. The van der Waals surface area contributed by atoms with E-state index in [0.717, 1.165) is 21.5 Å². The number of halogens is 2. The molecule has 0 saturated carbocycles. The monoisotopic (exact) mass is 338 g/mol. The Labute approximate surface area is 136 Å². The molecule has 0 unspecified atom stereocenters. The lowest BCUT2D eigenvalue weighted by molar-refractivity contribution is 0.296. The van der Waals surface area contributed by atoms with Gasteiger partial charge in [0.25, 0.3) is 0 Å². The van der Waals surface area contributed by atoms with Gasteiger partial charge in [-0.3, -0.25) is 0 Å². The first-order valence-corrected chi connectivity index (χ1v) is 7.92. The maximum Gasteiger partial charge on any atom is 0.169 e. The van der Waals surface area contributed by atoms with Gasteiger partial charge in [-0.25, -0.2) is 9.97 Å². The van der Waals surface area contributed by atoms with Crippen molar-refractivity contribution >= 4 is 44.8 Å². The molecule has 0 spiro atoms. The van der Waals surface area contributed by atoms with Crippen LogP contribution in [0, 0.1) is 13.8 Å². The zero-order chi connectivity index (χ0) is 15.0. The summed E-state index contributed by atoms with van der Waals surface area (Å²) in [6, 6.07) is 7.17. The van der Waals surface area contributed by atoms with E-state index in [9.17, 15) is 0 Å². The quantitative estimate of drug-likeness (QED) is 0.616. The summed E-state index contributed by atoms with van der Waals surface area (Å²) < 4.78 is 5.65. The van der Waals surface area contributed by atoms with Crippen molar-refractivity contribution in [2.24, 2.45) is 0 Å². The van der Waals surface area contributed by atoms with Gasteiger partial charge in [0.2, 0.25) is 0 Å². The van der Waals surface area contributed by atoms with E-state index in [1.807, 2.05) is 19.1 Å². The molecule has 2 aromatic heterocycles. The first-order chi connectivity index (χ1) is 10.0. The van der Waals surface area contributed by atoms with Crippen LogP contribution in [0.2, 0.25) is 10.2 Å². The lowest BCUT2D eigenvalue weighted by atomic mass is 10.2. The molecule has 3 nitrogen and oxygen atoms in total. The molecule has 3 aromatic rings. The predicted molar refractivity (Wildman–Crippen MR) is 87.7 cm³/mol. The van der Waals surface area contributed by atoms with Crippen molar-refractivity contribution in [1.29, 1.82) is 0 Å². The summed E-state index contributed by atoms with van der Waals surface area (Å²) in [6.45, 7) is 4.36. The van der Waals surface area contributed by atoms with Gasteiger partial charge in [-0.1, -0.05) is 23.2 Å². The third-order valence-corrected chi connectivity index (χ3v) is 4.84. The highest BCUT2D eigenvalue weighted by atomic mass is 35.5. The molecule has 0 bridgehead atoms. The average molecular weight is 339 g/mol. The summed E-state index contributed by atoms with van der Waals surface area (Å²) in [5.74, 6) is 1.29. The average Bonchev–Trinajstić information content (AvgIpc) is 2.74. The molecular weight excluding hydrogens is 327 g/mol. The Hall–Kier alpha value is -1.36. The van der Waals surface area contributed by atoms with Gasteiger partial charge >= 0.3 is 0 Å². The van der Waals surface area contributed by atoms with Crippen molar-refractivity contribution < 1.29 is 4.74 Å². The van der Waals surface area contributed by atoms with Gasteiger partial charge < -0.3 is 4.74 Å². The third kappa shape index (κ3) is 2.98. The van der Waals surface area contributed by atoms with Crippen LogP contribution in [0.25, 0.3) is 10.2 Å². The largest absolute Gasteiger partial charge is 0.486 e. The standard InChI is InChI=1S/C15H12Cl2N2OS/c1-8-9(2)21-15-13(8)14(17)18-12(19-15)7-20-11-5-3-10(16)4-6-11/h3-6H,7H2,1-2H3. The van der Waals surface area contributed by atoms with E-state index in [0.29, 0.717) is 16.0 Å². The fourth-order valence-electron chi connectivity index (χ4n) is 1.99. The van der Waals surface area contributed by atoms with E-state index in [-0.39, 0.29) is 6.61 Å². The van der Waals surface area contributed by atoms with Crippen LogP contribution in [0.3, 0.4) is 0 Å². The summed E-state index contributed by atoms with van der Waals surface area (Å²) >= 11 is 13.7. The number of nitrogens with zero attached hydrogens (tertiary/aromatic N) is 2. The number of fused-ring (bicyclic) bond motifs is 1. The first kappa shape index (κ1) is 14.6. The normalized spacial score (nSPS) is 11.0. The number of aromatic nitrogens is 2. The second-order valence-corrected chi connectivity index (χ2v) is 6.63. The van der Waals surface area contributed by atoms with Gasteiger partial charge in [-0.2, -0.15) is 0 Å². The molecule has 0 saturated heterocycles. The van der Waals surface area contributed by atoms with Crippen LogP contribution in [0.5, 0.6) is 5.75 Å². The Morgan fingerprint density at radius 1 is 1.10 bits per heavy atom. The molecule has 0 aliphatic carbocycles. The molecule has 6 heteroatoms. The molecule has 2 heterocycles. The van der Waals surface area contributed by atoms with Crippen LogP contribution in [0.1, 0.15) is 16.3 Å². The van der Waals surface area contributed by atoms with E-state index in [2.05, 4.69) is 16.9 Å². The highest BCUT2D eigenvalue weighted by molar-refractivity contribution is 7.18. The molecule has 0 radical (unpaired) electrons. The molecule has 0 atom stereocenters. The predicted octanol–water partition coefficient (Wildman–Crippen LogP) is 5.19. The minimum absolute atomic E-state index is 0.271. The van der Waals surface area contributed by atoms with Crippen molar-refractivity contribution in [1.82, 2.24) is 9.97 Å². The number of thiophene rings is 1. The summed E-state index contributed by atoms with van der Waals surface area (Å²) in [7, 11) is 0. The molecule has 21 heavy (non-hydrogen) atoms. The lowest BCUT2D eigenvalue weighted by Gasteiger charge is -2.06. The second kappa shape index (κ2) is 5.79. The summed E-state index contributed by atoms with van der Waals surface area (Å²) in [5, 5.41) is 2.10. The van der Waals surface area contributed by atoms with Crippen molar-refractivity contribution in [3.8, 4) is 5.75 Å². The van der Waals surface area contributed by atoms with Crippen LogP contribution < -0.4 is 4.74 Å². The zero-order valence-electron chi connectivity index (χ0n) is 11.5. The summed E-state index contributed by atoms with van der Waals surface area (Å²) in [5.41, 5.74) is 1.14. The van der Waals surface area contributed by atoms with Crippen LogP contribution in [0.15, 0.2) is 24.3 Å². The van der Waals surface area contributed by atoms with Crippen molar-refractivity contribution in [2.45, 2.75) is 20.5 Å². The zero-order valence-corrected chi connectivity index (χ0v) is 13.8. The van der Waals surface area contributed by atoms with Gasteiger partial charge in [-0.15, -0.1) is 11.3 Å². The molecule has 0 fully saturated rings. The van der Waals surface area contributed by atoms with E-state index >= 15 is 0 Å². The molecule has 0 aliphatic heterocycles. The van der Waals surface area contributed by atoms with Gasteiger partial charge in [0.1, 0.15) is 22.3 Å². The van der Waals surface area contributed by atoms with E-state index in [1.165, 1.54) is 4.88 Å². The molecular formula is C15H12Cl2N2OS. The number of ether oxygens (including phenoxy) is 1. The maximum absolute atomic E-state index is 6.27. The Morgan fingerprint density at radius 2 is 1.81 bits per heavy atom. The SMILES string of the molecule is Cc1sc2nc(COc3ccc(Cl)cc3)nc(Cl)c2c1C. The van der Waals surface area contributed by atoms with Crippen LogP contribution in [0.4, 0.5) is 0 Å². The minimum atomic E-state index is 0.271. The highest BCUT2D eigenvalue weighted by Gasteiger charge is 2.13. The lowest BCUT2D eigenvalue weighted by Crippen LogP contribution is -2.01. The van der Waals surface area contributed by atoms with E-state index in [1.54, 1.807) is 23.5 Å². The Kier molecular flexibility index (Phi) is 4.02. The molecule has 3 rings (SSSR count). The van der Waals surface area contributed by atoms with Crippen molar-refractivity contribution in [3.63, 3.8) is 0 Å². The first-order valence-electron chi connectivity index (χ1n) is 6.35. The van der Waals surface area contributed by atoms with E-state index < -0.39 is 0 Å². The number of aryl methyl sites for hydroxylation is 2. The second-order valence-electron chi connectivity index (χ2n) is 4.64. The van der Waals surface area contributed by atoms with Gasteiger partial charge in [-0.05, 0) is 43.7 Å². The van der Waals surface area contributed by atoms with Gasteiger partial charge in [0.15, 0.2) is 5.82 Å². The molecule has 108 valence electrons. The molecule has 0 aliphatic rings. The smallest absolute Gasteiger partial charge is 0.169 e. The molecule has 0 amide bonds. The van der Waals surface area contributed by atoms with Crippen LogP contribution in [-0.2, 0) is 6.61 Å². The minimum Gasteiger partial charge on any atom is -0.486 e. The van der Waals surface area contributed by atoms with Crippen LogP contribution >= 0.6 is 34.5 Å². The Balaban J connectivity index is 1.86. The number of rotatable bonds is 3. The number of hydrogen-bond donors (Lipinski definition) is 0. The summed E-state index contributed by atoms with van der Waals surface area (Å²) in [6.07, 6.45) is 0. The number of benzene rings is 1. The maximum atomic E-state index is 6.27. The van der Waals surface area contributed by atoms with Crippen molar-refractivity contribution in [3.05, 3.63) is 50.7 Å². The third-order valence-electron chi connectivity index (χ3n) is 3.21. The fourth-order valence-corrected chi connectivity index (χ4v) is 3.54. The van der Waals surface area contributed by atoms with Crippen molar-refractivity contribution in [2.75, 3.05) is 0 Å². The highest BCUT2D eigenvalue weighted by Crippen LogP contribution is 2.33.